The van der Waals surface area contributed by atoms with E-state index in [4.69, 9.17) is 27.6 Å². The Kier molecular flexibility index (Phi) is 4.50. The van der Waals surface area contributed by atoms with Crippen LogP contribution in [-0.2, 0) is 12.8 Å². The average Bonchev–Trinajstić information content (AvgIpc) is 3.20. The van der Waals surface area contributed by atoms with Gasteiger partial charge in [-0.2, -0.15) is 0 Å². The molecule has 2 aromatic heterocycles. The number of anilines is 1. The molecule has 0 fully saturated rings. The van der Waals surface area contributed by atoms with Gasteiger partial charge in [0.15, 0.2) is 0 Å². The molecule has 1 N–H and O–H groups in total. The van der Waals surface area contributed by atoms with Crippen molar-refractivity contribution in [3.05, 3.63) is 49.6 Å². The normalized spacial score (nSPS) is 13.5. The molecule has 3 aromatic rings. The third-order valence-electron chi connectivity index (χ3n) is 4.14. The summed E-state index contributed by atoms with van der Waals surface area (Å²) in [5, 5.41) is 10.4. The molecule has 1 aliphatic rings. The SMILES string of the molecule is O=C(Nc1nnc(-c2cc(Cl)sc2Cl)o1)c1ccc2c(c1)CCCC2. The van der Waals surface area contributed by atoms with Crippen molar-refractivity contribution in [1.29, 1.82) is 0 Å². The van der Waals surface area contributed by atoms with Gasteiger partial charge in [-0.25, -0.2) is 0 Å². The number of aromatic nitrogens is 2. The van der Waals surface area contributed by atoms with Crippen LogP contribution in [0.4, 0.5) is 6.01 Å². The number of nitrogens with one attached hydrogen (secondary N) is 1. The Bertz CT molecular complexity index is 951. The van der Waals surface area contributed by atoms with Crippen LogP contribution in [0.25, 0.3) is 11.5 Å². The second kappa shape index (κ2) is 6.78. The van der Waals surface area contributed by atoms with Crippen molar-refractivity contribution in [2.45, 2.75) is 25.7 Å². The smallest absolute Gasteiger partial charge is 0.322 e. The standard InChI is InChI=1S/C17H13Cl2N3O2S/c18-13-8-12(14(19)25-13)16-21-22-17(24-16)20-15(23)11-6-5-9-3-1-2-4-10(9)7-11/h5-8H,1-4H2,(H,20,22,23). The lowest BCUT2D eigenvalue weighted by Crippen LogP contribution is -2.13. The van der Waals surface area contributed by atoms with Crippen LogP contribution in [0.5, 0.6) is 0 Å². The summed E-state index contributed by atoms with van der Waals surface area (Å²) in [4.78, 5) is 12.4. The van der Waals surface area contributed by atoms with Gasteiger partial charge in [0.25, 0.3) is 11.8 Å². The van der Waals surface area contributed by atoms with E-state index in [0.29, 0.717) is 19.8 Å². The summed E-state index contributed by atoms with van der Waals surface area (Å²) in [5.74, 6) is -0.0630. The molecule has 5 nitrogen and oxygen atoms in total. The number of halogens is 2. The first-order chi connectivity index (χ1) is 12.1. The number of carbonyl (C=O) groups is 1. The summed E-state index contributed by atoms with van der Waals surface area (Å²) in [7, 11) is 0. The summed E-state index contributed by atoms with van der Waals surface area (Å²) in [6, 6.07) is 7.46. The third kappa shape index (κ3) is 3.42. The first kappa shape index (κ1) is 16.6. The zero-order chi connectivity index (χ0) is 17.4. The van der Waals surface area contributed by atoms with E-state index < -0.39 is 0 Å². The fourth-order valence-electron chi connectivity index (χ4n) is 2.91. The van der Waals surface area contributed by atoms with Crippen molar-refractivity contribution in [2.75, 3.05) is 5.32 Å². The molecule has 0 saturated carbocycles. The topological polar surface area (TPSA) is 68.0 Å². The van der Waals surface area contributed by atoms with Crippen LogP contribution in [0.3, 0.4) is 0 Å². The van der Waals surface area contributed by atoms with Gasteiger partial charge in [0.1, 0.15) is 4.34 Å². The molecule has 0 spiro atoms. The lowest BCUT2D eigenvalue weighted by molar-refractivity contribution is 0.102. The second-order valence-electron chi connectivity index (χ2n) is 5.79. The number of fused-ring (bicyclic) bond motifs is 1. The molecule has 0 bridgehead atoms. The van der Waals surface area contributed by atoms with E-state index in [1.54, 1.807) is 6.07 Å². The third-order valence-corrected chi connectivity index (χ3v) is 5.63. The summed E-state index contributed by atoms with van der Waals surface area (Å²) >= 11 is 13.2. The molecule has 4 rings (SSSR count). The minimum atomic E-state index is -0.280. The Labute approximate surface area is 158 Å². The van der Waals surface area contributed by atoms with Gasteiger partial charge in [0, 0.05) is 5.56 Å². The van der Waals surface area contributed by atoms with Gasteiger partial charge in [-0.1, -0.05) is 34.4 Å². The fraction of sp³-hybridized carbons (Fsp3) is 0.235. The molecule has 128 valence electrons. The van der Waals surface area contributed by atoms with E-state index in [-0.39, 0.29) is 17.8 Å². The van der Waals surface area contributed by atoms with Gasteiger partial charge < -0.3 is 4.42 Å². The Morgan fingerprint density at radius 2 is 1.92 bits per heavy atom. The predicted octanol–water partition coefficient (Wildman–Crippen LogP) is 5.24. The zero-order valence-electron chi connectivity index (χ0n) is 13.0. The molecule has 8 heteroatoms. The zero-order valence-corrected chi connectivity index (χ0v) is 15.3. The Morgan fingerprint density at radius 3 is 2.68 bits per heavy atom. The van der Waals surface area contributed by atoms with Gasteiger partial charge in [-0.3, -0.25) is 10.1 Å². The minimum Gasteiger partial charge on any atom is -0.403 e. The van der Waals surface area contributed by atoms with E-state index in [9.17, 15) is 4.79 Å². The largest absolute Gasteiger partial charge is 0.403 e. The molecular formula is C17H13Cl2N3O2S. The maximum Gasteiger partial charge on any atom is 0.322 e. The van der Waals surface area contributed by atoms with Crippen molar-refractivity contribution in [1.82, 2.24) is 10.2 Å². The molecule has 0 radical (unpaired) electrons. The maximum atomic E-state index is 12.4. The van der Waals surface area contributed by atoms with Gasteiger partial charge >= 0.3 is 6.01 Å². The molecule has 2 heterocycles. The number of benzene rings is 1. The number of nitrogens with zero attached hydrogens (tertiary/aromatic N) is 2. The summed E-state index contributed by atoms with van der Waals surface area (Å²) in [6.07, 6.45) is 4.46. The molecule has 0 aliphatic heterocycles. The number of rotatable bonds is 3. The number of hydrogen-bond acceptors (Lipinski definition) is 5. The van der Waals surface area contributed by atoms with Crippen molar-refractivity contribution < 1.29 is 9.21 Å². The van der Waals surface area contributed by atoms with Crippen LogP contribution in [0.2, 0.25) is 8.67 Å². The van der Waals surface area contributed by atoms with Crippen molar-refractivity contribution in [2.24, 2.45) is 0 Å². The van der Waals surface area contributed by atoms with E-state index in [0.717, 1.165) is 19.3 Å². The highest BCUT2D eigenvalue weighted by Crippen LogP contribution is 2.37. The first-order valence-electron chi connectivity index (χ1n) is 7.82. The molecule has 1 amide bonds. The molecule has 0 saturated heterocycles. The molecule has 25 heavy (non-hydrogen) atoms. The number of amides is 1. The lowest BCUT2D eigenvalue weighted by Gasteiger charge is -2.16. The van der Waals surface area contributed by atoms with Gasteiger partial charge in [0.05, 0.1) is 9.90 Å². The van der Waals surface area contributed by atoms with Crippen LogP contribution < -0.4 is 5.32 Å². The van der Waals surface area contributed by atoms with Crippen LogP contribution in [0, 0.1) is 0 Å². The van der Waals surface area contributed by atoms with Gasteiger partial charge in [-0.15, -0.1) is 16.4 Å². The predicted molar refractivity (Wildman–Crippen MR) is 98.7 cm³/mol. The lowest BCUT2D eigenvalue weighted by atomic mass is 9.90. The van der Waals surface area contributed by atoms with E-state index in [1.807, 2.05) is 18.2 Å². The van der Waals surface area contributed by atoms with Crippen molar-refractivity contribution in [3.8, 4) is 11.5 Å². The summed E-state index contributed by atoms with van der Waals surface area (Å²) < 4.78 is 6.46. The van der Waals surface area contributed by atoms with E-state index in [2.05, 4.69) is 15.5 Å². The van der Waals surface area contributed by atoms with Crippen LogP contribution in [-0.4, -0.2) is 16.1 Å². The van der Waals surface area contributed by atoms with Crippen molar-refractivity contribution in [3.63, 3.8) is 0 Å². The van der Waals surface area contributed by atoms with Crippen LogP contribution in [0.1, 0.15) is 34.3 Å². The summed E-state index contributed by atoms with van der Waals surface area (Å²) in [5.41, 5.74) is 3.70. The molecule has 0 unspecified atom stereocenters. The highest BCUT2D eigenvalue weighted by molar-refractivity contribution is 7.20. The number of carbonyl (C=O) groups excluding carboxylic acids is 1. The molecule has 0 atom stereocenters. The minimum absolute atomic E-state index is 0.0242. The molecule has 1 aliphatic carbocycles. The van der Waals surface area contributed by atoms with E-state index >= 15 is 0 Å². The monoisotopic (exact) mass is 393 g/mol. The van der Waals surface area contributed by atoms with Crippen LogP contribution >= 0.6 is 34.5 Å². The van der Waals surface area contributed by atoms with Crippen molar-refractivity contribution >= 4 is 46.5 Å². The first-order valence-corrected chi connectivity index (χ1v) is 9.39. The summed E-state index contributed by atoms with van der Waals surface area (Å²) in [6.45, 7) is 0. The number of aryl methyl sites for hydroxylation is 2. The average molecular weight is 394 g/mol. The van der Waals surface area contributed by atoms with Gasteiger partial charge in [0.2, 0.25) is 0 Å². The van der Waals surface area contributed by atoms with Gasteiger partial charge in [-0.05, 0) is 55.0 Å². The second-order valence-corrected chi connectivity index (χ2v) is 8.08. The number of hydrogen-bond donors (Lipinski definition) is 1. The maximum absolute atomic E-state index is 12.4. The highest BCUT2D eigenvalue weighted by Gasteiger charge is 2.18. The molecule has 1 aromatic carbocycles. The highest BCUT2D eigenvalue weighted by atomic mass is 35.5. The molecular weight excluding hydrogens is 381 g/mol. The Morgan fingerprint density at radius 1 is 1.12 bits per heavy atom. The van der Waals surface area contributed by atoms with Crippen LogP contribution in [0.15, 0.2) is 28.7 Å². The number of thiophene rings is 1. The quantitative estimate of drug-likeness (QED) is 0.660. The fourth-order valence-corrected chi connectivity index (χ4v) is 4.36. The van der Waals surface area contributed by atoms with E-state index in [1.165, 1.54) is 28.9 Å². The Balaban J connectivity index is 1.52. The Hall–Kier alpha value is -1.89.